The topological polar surface area (TPSA) is 59.9 Å². The van der Waals surface area contributed by atoms with Crippen LogP contribution in [0.25, 0.3) is 0 Å². The molecule has 16 heavy (non-hydrogen) atoms. The molecule has 0 saturated carbocycles. The molecule has 1 aromatic rings. The smallest absolute Gasteiger partial charge is 0.322 e. The normalized spacial score (nSPS) is 10.6. The van der Waals surface area contributed by atoms with Crippen molar-refractivity contribution in [3.63, 3.8) is 0 Å². The van der Waals surface area contributed by atoms with Gasteiger partial charge in [-0.2, -0.15) is 15.0 Å². The maximum Gasteiger partial charge on any atom is 0.322 e. The highest BCUT2D eigenvalue weighted by molar-refractivity contribution is 6.28. The van der Waals surface area contributed by atoms with E-state index in [1.807, 2.05) is 6.92 Å². The first-order chi connectivity index (χ1) is 7.69. The van der Waals surface area contributed by atoms with Crippen molar-refractivity contribution in [2.75, 3.05) is 11.9 Å². The number of aromatic nitrogens is 3. The van der Waals surface area contributed by atoms with Gasteiger partial charge in [0.05, 0.1) is 6.61 Å². The predicted molar refractivity (Wildman–Crippen MR) is 64.0 cm³/mol. The van der Waals surface area contributed by atoms with Gasteiger partial charge in [0.2, 0.25) is 11.2 Å². The Morgan fingerprint density at radius 2 is 1.88 bits per heavy atom. The van der Waals surface area contributed by atoms with Crippen molar-refractivity contribution >= 4 is 17.5 Å². The van der Waals surface area contributed by atoms with E-state index in [0.717, 1.165) is 12.8 Å². The van der Waals surface area contributed by atoms with Crippen molar-refractivity contribution in [1.29, 1.82) is 0 Å². The fraction of sp³-hybridized carbons (Fsp3) is 0.700. The number of hydrogen-bond acceptors (Lipinski definition) is 5. The fourth-order valence-electron chi connectivity index (χ4n) is 1.27. The largest absolute Gasteiger partial charge is 0.464 e. The van der Waals surface area contributed by atoms with Gasteiger partial charge >= 0.3 is 6.01 Å². The van der Waals surface area contributed by atoms with Crippen LogP contribution in [-0.2, 0) is 0 Å². The average molecular weight is 245 g/mol. The second-order valence-electron chi connectivity index (χ2n) is 3.30. The second-order valence-corrected chi connectivity index (χ2v) is 3.64. The minimum atomic E-state index is 0.145. The first-order valence-electron chi connectivity index (χ1n) is 5.50. The summed E-state index contributed by atoms with van der Waals surface area (Å²) in [6.45, 7) is 6.58. The lowest BCUT2D eigenvalue weighted by molar-refractivity contribution is 0.312. The molecule has 0 amide bonds. The first-order valence-corrected chi connectivity index (χ1v) is 5.88. The second kappa shape index (κ2) is 6.48. The molecule has 0 saturated heterocycles. The van der Waals surface area contributed by atoms with Crippen molar-refractivity contribution in [2.45, 2.75) is 39.7 Å². The molecule has 6 heteroatoms. The van der Waals surface area contributed by atoms with E-state index in [1.165, 1.54) is 0 Å². The number of halogens is 1. The highest BCUT2D eigenvalue weighted by atomic mass is 35.5. The monoisotopic (exact) mass is 244 g/mol. The SMILES string of the molecule is CCOc1nc(Cl)nc(NC(CC)CC)n1. The predicted octanol–water partition coefficient (Wildman–Crippen LogP) is 2.52. The maximum absolute atomic E-state index is 5.77. The zero-order chi connectivity index (χ0) is 12.0. The maximum atomic E-state index is 5.77. The van der Waals surface area contributed by atoms with E-state index < -0.39 is 0 Å². The summed E-state index contributed by atoms with van der Waals surface area (Å²) in [5.41, 5.74) is 0. The highest BCUT2D eigenvalue weighted by Crippen LogP contribution is 2.13. The first kappa shape index (κ1) is 13.0. The van der Waals surface area contributed by atoms with Crippen LogP contribution in [0.15, 0.2) is 0 Å². The molecule has 90 valence electrons. The molecule has 1 heterocycles. The van der Waals surface area contributed by atoms with Crippen molar-refractivity contribution in [2.24, 2.45) is 0 Å². The summed E-state index contributed by atoms with van der Waals surface area (Å²) in [4.78, 5) is 12.0. The van der Waals surface area contributed by atoms with Crippen LogP contribution < -0.4 is 10.1 Å². The number of nitrogens with zero attached hydrogens (tertiary/aromatic N) is 3. The van der Waals surface area contributed by atoms with E-state index in [0.29, 0.717) is 18.6 Å². The molecule has 0 bridgehead atoms. The van der Waals surface area contributed by atoms with Crippen LogP contribution in [0.5, 0.6) is 6.01 Å². The summed E-state index contributed by atoms with van der Waals surface area (Å²) < 4.78 is 5.19. The lowest BCUT2D eigenvalue weighted by Gasteiger charge is -2.14. The van der Waals surface area contributed by atoms with Gasteiger partial charge in [0, 0.05) is 6.04 Å². The van der Waals surface area contributed by atoms with E-state index in [4.69, 9.17) is 16.3 Å². The summed E-state index contributed by atoms with van der Waals surface area (Å²) >= 11 is 5.77. The number of ether oxygens (including phenoxy) is 1. The van der Waals surface area contributed by atoms with Crippen LogP contribution in [0.1, 0.15) is 33.6 Å². The molecule has 0 aliphatic heterocycles. The van der Waals surface area contributed by atoms with Crippen molar-refractivity contribution < 1.29 is 4.74 Å². The molecule has 0 aliphatic carbocycles. The van der Waals surface area contributed by atoms with E-state index in [9.17, 15) is 0 Å². The number of nitrogens with one attached hydrogen (secondary N) is 1. The molecule has 5 nitrogen and oxygen atoms in total. The van der Waals surface area contributed by atoms with Gasteiger partial charge in [-0.15, -0.1) is 0 Å². The number of hydrogen-bond donors (Lipinski definition) is 1. The van der Waals surface area contributed by atoms with E-state index in [1.54, 1.807) is 0 Å². The van der Waals surface area contributed by atoms with Gasteiger partial charge in [0.25, 0.3) is 0 Å². The van der Waals surface area contributed by atoms with Gasteiger partial charge in [-0.25, -0.2) is 0 Å². The molecular weight excluding hydrogens is 228 g/mol. The Morgan fingerprint density at radius 1 is 1.19 bits per heavy atom. The van der Waals surface area contributed by atoms with Gasteiger partial charge < -0.3 is 10.1 Å². The van der Waals surface area contributed by atoms with Crippen LogP contribution in [0.2, 0.25) is 5.28 Å². The zero-order valence-electron chi connectivity index (χ0n) is 9.83. The molecule has 0 unspecified atom stereocenters. The Balaban J connectivity index is 2.78. The molecule has 0 aromatic carbocycles. The Bertz CT molecular complexity index is 331. The minimum Gasteiger partial charge on any atom is -0.464 e. The molecule has 0 spiro atoms. The van der Waals surface area contributed by atoms with Crippen molar-refractivity contribution in [1.82, 2.24) is 15.0 Å². The summed E-state index contributed by atoms with van der Waals surface area (Å²) in [5.74, 6) is 0.470. The van der Waals surface area contributed by atoms with Crippen LogP contribution in [0.4, 0.5) is 5.95 Å². The number of rotatable bonds is 6. The van der Waals surface area contributed by atoms with Gasteiger partial charge in [-0.05, 0) is 31.4 Å². The fourth-order valence-corrected chi connectivity index (χ4v) is 1.42. The quantitative estimate of drug-likeness (QED) is 0.833. The van der Waals surface area contributed by atoms with E-state index in [2.05, 4.69) is 34.1 Å². The standard InChI is InChI=1S/C10H17ClN4O/c1-4-7(5-2)12-9-13-8(11)14-10(15-9)16-6-3/h7H,4-6H2,1-3H3,(H,12,13,14,15). The van der Waals surface area contributed by atoms with Crippen LogP contribution in [0, 0.1) is 0 Å². The van der Waals surface area contributed by atoms with Gasteiger partial charge in [-0.1, -0.05) is 13.8 Å². The third-order valence-corrected chi connectivity index (χ3v) is 2.35. The van der Waals surface area contributed by atoms with Crippen LogP contribution in [0.3, 0.4) is 0 Å². The summed E-state index contributed by atoms with van der Waals surface area (Å²) in [6, 6.07) is 0.601. The van der Waals surface area contributed by atoms with Gasteiger partial charge in [0.15, 0.2) is 0 Å². The summed E-state index contributed by atoms with van der Waals surface area (Å²) in [7, 11) is 0. The molecule has 0 fully saturated rings. The molecule has 1 N–H and O–H groups in total. The zero-order valence-corrected chi connectivity index (χ0v) is 10.6. The molecule has 0 aliphatic rings. The molecule has 1 aromatic heterocycles. The lowest BCUT2D eigenvalue weighted by atomic mass is 10.2. The van der Waals surface area contributed by atoms with E-state index >= 15 is 0 Å². The Labute approximate surface area is 101 Å². The van der Waals surface area contributed by atoms with Crippen LogP contribution in [-0.4, -0.2) is 27.6 Å². The lowest BCUT2D eigenvalue weighted by Crippen LogP contribution is -2.19. The van der Waals surface area contributed by atoms with Gasteiger partial charge in [0.1, 0.15) is 0 Å². The molecular formula is C10H17ClN4O. The van der Waals surface area contributed by atoms with Gasteiger partial charge in [-0.3, -0.25) is 0 Å². The Kier molecular flexibility index (Phi) is 5.25. The van der Waals surface area contributed by atoms with Crippen molar-refractivity contribution in [3.8, 4) is 6.01 Å². The summed E-state index contributed by atoms with van der Waals surface area (Å²) in [6.07, 6.45) is 2.01. The van der Waals surface area contributed by atoms with Crippen molar-refractivity contribution in [3.05, 3.63) is 5.28 Å². The molecule has 0 atom stereocenters. The average Bonchev–Trinajstić information content (AvgIpc) is 2.25. The highest BCUT2D eigenvalue weighted by Gasteiger charge is 2.09. The van der Waals surface area contributed by atoms with Crippen LogP contribution >= 0.6 is 11.6 Å². The number of anilines is 1. The Hall–Kier alpha value is -1.10. The Morgan fingerprint density at radius 3 is 2.44 bits per heavy atom. The minimum absolute atomic E-state index is 0.145. The molecule has 0 radical (unpaired) electrons. The summed E-state index contributed by atoms with van der Waals surface area (Å²) in [5, 5.41) is 3.34. The third-order valence-electron chi connectivity index (χ3n) is 2.18. The molecule has 1 rings (SSSR count). The van der Waals surface area contributed by atoms with E-state index in [-0.39, 0.29) is 11.3 Å². The third kappa shape index (κ3) is 3.81.